The van der Waals surface area contributed by atoms with Crippen molar-refractivity contribution in [2.45, 2.75) is 53.0 Å². The van der Waals surface area contributed by atoms with Gasteiger partial charge in [-0.3, -0.25) is 9.69 Å². The van der Waals surface area contributed by atoms with Gasteiger partial charge in [-0.1, -0.05) is 13.8 Å². The summed E-state index contributed by atoms with van der Waals surface area (Å²) in [7, 11) is 0. The summed E-state index contributed by atoms with van der Waals surface area (Å²) in [4.78, 5) is 13.6. The van der Waals surface area contributed by atoms with Crippen LogP contribution in [0.25, 0.3) is 0 Å². The first-order valence-corrected chi connectivity index (χ1v) is 6.36. The molecule has 3 nitrogen and oxygen atoms in total. The molecule has 0 spiro atoms. The van der Waals surface area contributed by atoms with E-state index in [0.717, 1.165) is 12.5 Å². The van der Waals surface area contributed by atoms with Gasteiger partial charge in [0.2, 0.25) is 0 Å². The Balaban J connectivity index is 2.62. The van der Waals surface area contributed by atoms with Crippen molar-refractivity contribution in [3.63, 3.8) is 0 Å². The number of aliphatic carboxylic acids is 1. The molecule has 1 N–H and O–H groups in total. The Labute approximate surface area is 98.8 Å². The lowest BCUT2D eigenvalue weighted by atomic mass is 9.84. The first-order chi connectivity index (χ1) is 7.39. The molecule has 1 saturated heterocycles. The van der Waals surface area contributed by atoms with Crippen LogP contribution in [0, 0.1) is 11.3 Å². The minimum Gasteiger partial charge on any atom is -0.481 e. The van der Waals surface area contributed by atoms with Gasteiger partial charge >= 0.3 is 5.97 Å². The average Bonchev–Trinajstić information content (AvgIpc) is 2.22. The first-order valence-electron chi connectivity index (χ1n) is 6.36. The molecule has 3 heteroatoms. The minimum atomic E-state index is -0.666. The number of carbonyl (C=O) groups is 1. The SMILES string of the molecule is CCC(C)(CN1CCC(C)CC1C)C(=O)O. The molecule has 1 aliphatic heterocycles. The van der Waals surface area contributed by atoms with Crippen LogP contribution in [0.4, 0.5) is 0 Å². The van der Waals surface area contributed by atoms with Gasteiger partial charge in [-0.05, 0) is 45.6 Å². The molecule has 3 unspecified atom stereocenters. The topological polar surface area (TPSA) is 40.5 Å². The molecule has 0 saturated carbocycles. The third kappa shape index (κ3) is 2.97. The summed E-state index contributed by atoms with van der Waals surface area (Å²) in [6.45, 7) is 10.1. The van der Waals surface area contributed by atoms with Crippen LogP contribution in [0.3, 0.4) is 0 Å². The van der Waals surface area contributed by atoms with E-state index in [4.69, 9.17) is 0 Å². The highest BCUT2D eigenvalue weighted by atomic mass is 16.4. The molecule has 0 aromatic heterocycles. The maximum absolute atomic E-state index is 11.3. The molecule has 1 fully saturated rings. The predicted octanol–water partition coefficient (Wildman–Crippen LogP) is 2.61. The third-order valence-corrected chi connectivity index (χ3v) is 4.12. The number of rotatable bonds is 4. The van der Waals surface area contributed by atoms with Crippen LogP contribution in [-0.2, 0) is 4.79 Å². The molecule has 1 aliphatic rings. The maximum atomic E-state index is 11.3. The molecule has 1 heterocycles. The Morgan fingerprint density at radius 3 is 2.56 bits per heavy atom. The molecule has 1 rings (SSSR count). The van der Waals surface area contributed by atoms with E-state index in [1.807, 2.05) is 13.8 Å². The van der Waals surface area contributed by atoms with Gasteiger partial charge in [0, 0.05) is 12.6 Å². The van der Waals surface area contributed by atoms with E-state index < -0.39 is 11.4 Å². The fourth-order valence-corrected chi connectivity index (χ4v) is 2.47. The van der Waals surface area contributed by atoms with E-state index >= 15 is 0 Å². The zero-order valence-electron chi connectivity index (χ0n) is 11.0. The van der Waals surface area contributed by atoms with Crippen molar-refractivity contribution in [3.8, 4) is 0 Å². The Morgan fingerprint density at radius 1 is 1.50 bits per heavy atom. The summed E-state index contributed by atoms with van der Waals surface area (Å²) in [5.74, 6) is 0.116. The summed E-state index contributed by atoms with van der Waals surface area (Å²) in [5.41, 5.74) is -0.588. The average molecular weight is 227 g/mol. The lowest BCUT2D eigenvalue weighted by Gasteiger charge is -2.40. The Kier molecular flexibility index (Phi) is 4.36. The molecule has 0 aliphatic carbocycles. The van der Waals surface area contributed by atoms with Crippen molar-refractivity contribution in [1.82, 2.24) is 4.90 Å². The van der Waals surface area contributed by atoms with E-state index in [0.29, 0.717) is 19.0 Å². The zero-order valence-corrected chi connectivity index (χ0v) is 11.0. The molecule has 3 atom stereocenters. The summed E-state index contributed by atoms with van der Waals surface area (Å²) >= 11 is 0. The standard InChI is InChI=1S/C13H25NO2/c1-5-13(4,12(15)16)9-14-7-6-10(2)8-11(14)3/h10-11H,5-9H2,1-4H3,(H,15,16). The van der Waals surface area contributed by atoms with Gasteiger partial charge in [0.05, 0.1) is 5.41 Å². The highest BCUT2D eigenvalue weighted by Crippen LogP contribution is 2.28. The van der Waals surface area contributed by atoms with Crippen LogP contribution in [0.1, 0.15) is 47.0 Å². The van der Waals surface area contributed by atoms with Crippen molar-refractivity contribution in [1.29, 1.82) is 0 Å². The molecular weight excluding hydrogens is 202 g/mol. The Bertz CT molecular complexity index is 254. The lowest BCUT2D eigenvalue weighted by Crippen LogP contribution is -2.48. The van der Waals surface area contributed by atoms with Gasteiger partial charge in [-0.25, -0.2) is 0 Å². The van der Waals surface area contributed by atoms with Crippen molar-refractivity contribution < 1.29 is 9.90 Å². The molecule has 0 amide bonds. The predicted molar refractivity (Wildman–Crippen MR) is 65.5 cm³/mol. The number of carboxylic acids is 1. The summed E-state index contributed by atoms with van der Waals surface area (Å²) in [6, 6.07) is 0.522. The van der Waals surface area contributed by atoms with Crippen LogP contribution in [-0.4, -0.2) is 35.1 Å². The van der Waals surface area contributed by atoms with Gasteiger partial charge < -0.3 is 5.11 Å². The van der Waals surface area contributed by atoms with E-state index in [9.17, 15) is 9.90 Å². The fraction of sp³-hybridized carbons (Fsp3) is 0.923. The normalized spacial score (nSPS) is 31.0. The Morgan fingerprint density at radius 2 is 2.12 bits per heavy atom. The monoisotopic (exact) mass is 227 g/mol. The fourth-order valence-electron chi connectivity index (χ4n) is 2.47. The van der Waals surface area contributed by atoms with Crippen molar-refractivity contribution in [2.75, 3.05) is 13.1 Å². The van der Waals surface area contributed by atoms with Crippen LogP contribution >= 0.6 is 0 Å². The second-order valence-electron chi connectivity index (χ2n) is 5.67. The summed E-state index contributed by atoms with van der Waals surface area (Å²) < 4.78 is 0. The highest BCUT2D eigenvalue weighted by molar-refractivity contribution is 5.74. The highest BCUT2D eigenvalue weighted by Gasteiger charge is 2.35. The third-order valence-electron chi connectivity index (χ3n) is 4.12. The molecule has 0 aromatic rings. The number of carboxylic acid groups (broad SMARTS) is 1. The number of piperidine rings is 1. The van der Waals surface area contributed by atoms with Gasteiger partial charge in [0.1, 0.15) is 0 Å². The summed E-state index contributed by atoms with van der Waals surface area (Å²) in [6.07, 6.45) is 3.09. The summed E-state index contributed by atoms with van der Waals surface area (Å²) in [5, 5.41) is 9.27. The van der Waals surface area contributed by atoms with E-state index in [1.165, 1.54) is 12.8 Å². The molecule has 0 aromatic carbocycles. The molecule has 16 heavy (non-hydrogen) atoms. The number of hydrogen-bond acceptors (Lipinski definition) is 2. The number of likely N-dealkylation sites (tertiary alicyclic amines) is 1. The van der Waals surface area contributed by atoms with Crippen molar-refractivity contribution >= 4 is 5.97 Å². The van der Waals surface area contributed by atoms with Crippen LogP contribution in [0.15, 0.2) is 0 Å². The second-order valence-corrected chi connectivity index (χ2v) is 5.67. The zero-order chi connectivity index (χ0) is 12.3. The quantitative estimate of drug-likeness (QED) is 0.802. The van der Waals surface area contributed by atoms with Crippen LogP contribution in [0.5, 0.6) is 0 Å². The molecule has 0 bridgehead atoms. The second kappa shape index (κ2) is 5.17. The smallest absolute Gasteiger partial charge is 0.310 e. The van der Waals surface area contributed by atoms with Gasteiger partial charge in [0.15, 0.2) is 0 Å². The van der Waals surface area contributed by atoms with E-state index in [-0.39, 0.29) is 0 Å². The van der Waals surface area contributed by atoms with Crippen LogP contribution < -0.4 is 0 Å². The lowest BCUT2D eigenvalue weighted by molar-refractivity contribution is -0.150. The first kappa shape index (κ1) is 13.5. The molecule has 0 radical (unpaired) electrons. The van der Waals surface area contributed by atoms with E-state index in [1.54, 1.807) is 0 Å². The minimum absolute atomic E-state index is 0.522. The number of hydrogen-bond donors (Lipinski definition) is 1. The van der Waals surface area contributed by atoms with Crippen molar-refractivity contribution in [3.05, 3.63) is 0 Å². The number of nitrogens with zero attached hydrogens (tertiary/aromatic N) is 1. The van der Waals surface area contributed by atoms with Gasteiger partial charge in [-0.15, -0.1) is 0 Å². The van der Waals surface area contributed by atoms with Gasteiger partial charge in [0.25, 0.3) is 0 Å². The van der Waals surface area contributed by atoms with E-state index in [2.05, 4.69) is 18.7 Å². The Hall–Kier alpha value is -0.570. The molecular formula is C13H25NO2. The largest absolute Gasteiger partial charge is 0.481 e. The van der Waals surface area contributed by atoms with Crippen molar-refractivity contribution in [2.24, 2.45) is 11.3 Å². The van der Waals surface area contributed by atoms with Gasteiger partial charge in [-0.2, -0.15) is 0 Å². The molecule has 94 valence electrons. The maximum Gasteiger partial charge on any atom is 0.310 e. The van der Waals surface area contributed by atoms with Crippen LogP contribution in [0.2, 0.25) is 0 Å².